The Labute approximate surface area is 134 Å². The molecule has 0 aliphatic heterocycles. The molecule has 0 fully saturated rings. The molecule has 3 heterocycles. The van der Waals surface area contributed by atoms with E-state index >= 15 is 0 Å². The van der Waals surface area contributed by atoms with Gasteiger partial charge in [0.15, 0.2) is 5.89 Å². The third-order valence-electron chi connectivity index (χ3n) is 2.46. The minimum Gasteiger partial charge on any atom is -0.449 e. The first kappa shape index (κ1) is 17.5. The van der Waals surface area contributed by atoms with E-state index in [4.69, 9.17) is 4.42 Å². The first-order valence-corrected chi connectivity index (χ1v) is 8.25. The van der Waals surface area contributed by atoms with Crippen LogP contribution in [-0.4, -0.2) is 14.3 Å². The number of aromatic nitrogens is 3. The highest BCUT2D eigenvalue weighted by atomic mass is 32.1. The molecule has 0 aliphatic carbocycles. The standard InChI is InChI=1S/C5H7NO.2C5H7NS/c2*1-4-3-7-5(2)6-4;1-4-3-7-6-5(4)2/h3*3H,1-2H3. The van der Waals surface area contributed by atoms with E-state index in [-0.39, 0.29) is 0 Å². The summed E-state index contributed by atoms with van der Waals surface area (Å²) in [6.07, 6.45) is 1.63. The maximum Gasteiger partial charge on any atom is 0.191 e. The van der Waals surface area contributed by atoms with Crippen molar-refractivity contribution in [2.45, 2.75) is 41.5 Å². The Morgan fingerprint density at radius 2 is 1.62 bits per heavy atom. The predicted octanol–water partition coefficient (Wildman–Crippen LogP) is 4.81. The Kier molecular flexibility index (Phi) is 7.25. The van der Waals surface area contributed by atoms with Crippen LogP contribution >= 0.6 is 22.9 Å². The Balaban J connectivity index is 0.000000157. The number of aryl methyl sites for hydroxylation is 6. The molecular formula is C15H21N3OS2. The highest BCUT2D eigenvalue weighted by molar-refractivity contribution is 7.09. The summed E-state index contributed by atoms with van der Waals surface area (Å²) in [7, 11) is 0. The second kappa shape index (κ2) is 8.69. The molecule has 0 amide bonds. The van der Waals surface area contributed by atoms with Gasteiger partial charge in [-0.3, -0.25) is 0 Å². The van der Waals surface area contributed by atoms with Crippen LogP contribution in [0.25, 0.3) is 0 Å². The van der Waals surface area contributed by atoms with Crippen molar-refractivity contribution in [2.24, 2.45) is 0 Å². The molecule has 114 valence electrons. The molecule has 0 atom stereocenters. The summed E-state index contributed by atoms with van der Waals surface area (Å²) in [5.41, 5.74) is 4.52. The van der Waals surface area contributed by atoms with Crippen LogP contribution in [0.15, 0.2) is 21.4 Å². The lowest BCUT2D eigenvalue weighted by atomic mass is 10.3. The highest BCUT2D eigenvalue weighted by Gasteiger charge is 1.89. The fourth-order valence-electron chi connectivity index (χ4n) is 1.28. The molecule has 0 spiro atoms. The van der Waals surface area contributed by atoms with Gasteiger partial charge in [-0.25, -0.2) is 9.97 Å². The Hall–Kier alpha value is -1.53. The van der Waals surface area contributed by atoms with E-state index in [1.807, 2.05) is 34.6 Å². The number of hydrogen-bond donors (Lipinski definition) is 0. The smallest absolute Gasteiger partial charge is 0.191 e. The number of hydrogen-bond acceptors (Lipinski definition) is 6. The van der Waals surface area contributed by atoms with Crippen LogP contribution in [0.4, 0.5) is 0 Å². The SMILES string of the molecule is Cc1coc(C)n1.Cc1csc(C)n1.Cc1csnc1C. The lowest BCUT2D eigenvalue weighted by Crippen LogP contribution is -1.68. The van der Waals surface area contributed by atoms with Gasteiger partial charge < -0.3 is 4.42 Å². The first-order valence-electron chi connectivity index (χ1n) is 6.53. The van der Waals surface area contributed by atoms with Gasteiger partial charge in [0, 0.05) is 23.4 Å². The summed E-state index contributed by atoms with van der Waals surface area (Å²) < 4.78 is 8.91. The van der Waals surface area contributed by atoms with Gasteiger partial charge in [-0.2, -0.15) is 4.37 Å². The van der Waals surface area contributed by atoms with E-state index in [0.29, 0.717) is 0 Å². The minimum absolute atomic E-state index is 0.734. The highest BCUT2D eigenvalue weighted by Crippen LogP contribution is 2.05. The largest absolute Gasteiger partial charge is 0.449 e. The molecule has 6 heteroatoms. The zero-order chi connectivity index (χ0) is 15.8. The van der Waals surface area contributed by atoms with E-state index in [2.05, 4.69) is 32.0 Å². The Morgan fingerprint density at radius 3 is 1.76 bits per heavy atom. The van der Waals surface area contributed by atoms with Crippen molar-refractivity contribution in [1.29, 1.82) is 0 Å². The van der Waals surface area contributed by atoms with Gasteiger partial charge in [0.25, 0.3) is 0 Å². The molecule has 3 aromatic heterocycles. The maximum atomic E-state index is 4.85. The Bertz CT molecular complexity index is 567. The van der Waals surface area contributed by atoms with Gasteiger partial charge in [-0.05, 0) is 51.7 Å². The van der Waals surface area contributed by atoms with Crippen molar-refractivity contribution in [2.75, 3.05) is 0 Å². The third kappa shape index (κ3) is 7.15. The van der Waals surface area contributed by atoms with Crippen LogP contribution < -0.4 is 0 Å². The lowest BCUT2D eigenvalue weighted by molar-refractivity contribution is 0.521. The van der Waals surface area contributed by atoms with Gasteiger partial charge in [0.1, 0.15) is 6.26 Å². The van der Waals surface area contributed by atoms with E-state index in [0.717, 1.165) is 28.0 Å². The molecule has 21 heavy (non-hydrogen) atoms. The van der Waals surface area contributed by atoms with Gasteiger partial charge in [-0.15, -0.1) is 11.3 Å². The topological polar surface area (TPSA) is 51.8 Å². The molecule has 0 N–H and O–H groups in total. The zero-order valence-corrected chi connectivity index (χ0v) is 14.9. The normalized spacial score (nSPS) is 9.43. The molecule has 3 aromatic rings. The van der Waals surface area contributed by atoms with Crippen LogP contribution in [0.2, 0.25) is 0 Å². The second-order valence-electron chi connectivity index (χ2n) is 4.60. The first-order chi connectivity index (χ1) is 9.88. The van der Waals surface area contributed by atoms with Crippen molar-refractivity contribution >= 4 is 22.9 Å². The van der Waals surface area contributed by atoms with Gasteiger partial charge in [-0.1, -0.05) is 0 Å². The molecule has 0 aliphatic rings. The quantitative estimate of drug-likeness (QED) is 0.595. The molecule has 0 saturated carbocycles. The monoisotopic (exact) mass is 323 g/mol. The number of nitrogens with zero attached hydrogens (tertiary/aromatic N) is 3. The molecule has 3 rings (SSSR count). The van der Waals surface area contributed by atoms with Crippen molar-refractivity contribution in [1.82, 2.24) is 14.3 Å². The summed E-state index contributed by atoms with van der Waals surface area (Å²) in [6.45, 7) is 11.8. The molecule has 0 radical (unpaired) electrons. The van der Waals surface area contributed by atoms with Crippen molar-refractivity contribution in [3.63, 3.8) is 0 Å². The summed E-state index contributed by atoms with van der Waals surface area (Å²) in [5, 5.41) is 5.25. The van der Waals surface area contributed by atoms with Gasteiger partial charge in [0.2, 0.25) is 0 Å². The summed E-state index contributed by atoms with van der Waals surface area (Å²) in [5.74, 6) is 0.734. The van der Waals surface area contributed by atoms with E-state index in [1.165, 1.54) is 17.1 Å². The summed E-state index contributed by atoms with van der Waals surface area (Å²) in [4.78, 5) is 8.07. The summed E-state index contributed by atoms with van der Waals surface area (Å²) in [6, 6.07) is 0. The minimum atomic E-state index is 0.734. The van der Waals surface area contributed by atoms with Crippen LogP contribution in [-0.2, 0) is 0 Å². The summed E-state index contributed by atoms with van der Waals surface area (Å²) >= 11 is 3.21. The van der Waals surface area contributed by atoms with E-state index < -0.39 is 0 Å². The molecule has 0 saturated heterocycles. The lowest BCUT2D eigenvalue weighted by Gasteiger charge is -1.77. The molecule has 0 aromatic carbocycles. The zero-order valence-electron chi connectivity index (χ0n) is 13.3. The van der Waals surface area contributed by atoms with E-state index in [1.54, 1.807) is 17.6 Å². The Morgan fingerprint density at radius 1 is 0.905 bits per heavy atom. The fourth-order valence-corrected chi connectivity index (χ4v) is 2.56. The predicted molar refractivity (Wildman–Crippen MR) is 89.2 cm³/mol. The van der Waals surface area contributed by atoms with Crippen molar-refractivity contribution in [3.05, 3.63) is 50.6 Å². The molecule has 0 bridgehead atoms. The van der Waals surface area contributed by atoms with Crippen LogP contribution in [0.1, 0.15) is 33.5 Å². The average Bonchev–Trinajstić information content (AvgIpc) is 3.08. The number of oxazole rings is 1. The van der Waals surface area contributed by atoms with Crippen LogP contribution in [0, 0.1) is 41.5 Å². The van der Waals surface area contributed by atoms with Crippen LogP contribution in [0.5, 0.6) is 0 Å². The van der Waals surface area contributed by atoms with Gasteiger partial charge in [0.05, 0.1) is 16.4 Å². The van der Waals surface area contributed by atoms with Gasteiger partial charge >= 0.3 is 0 Å². The number of thiazole rings is 1. The maximum absolute atomic E-state index is 4.85. The molecule has 0 unspecified atom stereocenters. The molecule has 4 nitrogen and oxygen atoms in total. The molecular weight excluding hydrogens is 302 g/mol. The van der Waals surface area contributed by atoms with E-state index in [9.17, 15) is 0 Å². The average molecular weight is 323 g/mol. The fraction of sp³-hybridized carbons (Fsp3) is 0.400. The van der Waals surface area contributed by atoms with Crippen LogP contribution in [0.3, 0.4) is 0 Å². The third-order valence-corrected chi connectivity index (χ3v) is 4.19. The second-order valence-corrected chi connectivity index (χ2v) is 6.29. The van der Waals surface area contributed by atoms with Crippen molar-refractivity contribution < 1.29 is 4.42 Å². The number of rotatable bonds is 0. The van der Waals surface area contributed by atoms with Crippen molar-refractivity contribution in [3.8, 4) is 0 Å².